The van der Waals surface area contributed by atoms with Crippen molar-refractivity contribution in [2.45, 2.75) is 0 Å². The molecule has 3 rings (SSSR count). The number of phenols is 1. The van der Waals surface area contributed by atoms with Crippen LogP contribution >= 0.6 is 0 Å². The first-order valence-electron chi connectivity index (χ1n) is 6.32. The van der Waals surface area contributed by atoms with Crippen LogP contribution in [-0.4, -0.2) is 11.0 Å². The van der Waals surface area contributed by atoms with Gasteiger partial charge in [-0.05, 0) is 35.0 Å². The molecule has 3 aromatic carbocycles. The van der Waals surface area contributed by atoms with Gasteiger partial charge in [0.15, 0.2) is 0 Å². The predicted molar refractivity (Wildman–Crippen MR) is 80.0 cm³/mol. The van der Waals surface area contributed by atoms with Crippen LogP contribution in [0.3, 0.4) is 0 Å². The van der Waals surface area contributed by atoms with Gasteiger partial charge in [0.1, 0.15) is 5.75 Å². The fourth-order valence-electron chi connectivity index (χ4n) is 2.13. The molecule has 0 saturated carbocycles. The Morgan fingerprint density at radius 1 is 0.857 bits per heavy atom. The van der Waals surface area contributed by atoms with Crippen molar-refractivity contribution < 1.29 is 39.5 Å². The number of phenolic OH excluding ortho intramolecular Hbond substituents is 1. The third kappa shape index (κ3) is 3.45. The number of carbonyl (C=O) groups is 1. The Morgan fingerprint density at radius 3 is 2.10 bits per heavy atom. The zero-order valence-corrected chi connectivity index (χ0v) is 13.7. The average Bonchev–Trinajstić information content (AvgIpc) is 2.47. The van der Waals surface area contributed by atoms with Gasteiger partial charge in [-0.3, -0.25) is 4.79 Å². The fraction of sp³-hybridized carbons (Fsp3) is 0. The Balaban J connectivity index is 0.00000161. The Labute approximate surface area is 144 Å². The van der Waals surface area contributed by atoms with Crippen LogP contribution < -0.4 is 34.9 Å². The summed E-state index contributed by atoms with van der Waals surface area (Å²) in [5.74, 6) is -0.336. The number of hydrogen-bond acceptors (Lipinski definition) is 2. The summed E-state index contributed by atoms with van der Waals surface area (Å²) >= 11 is 0. The number of nitrogens with one attached hydrogen (secondary N) is 1. The topological polar surface area (TPSA) is 49.3 Å². The molecule has 0 fully saturated rings. The predicted octanol–water partition coefficient (Wildman–Crippen LogP) is 0.802. The summed E-state index contributed by atoms with van der Waals surface area (Å²) in [5, 5.41) is 14.6. The van der Waals surface area contributed by atoms with E-state index in [1.165, 1.54) is 0 Å². The van der Waals surface area contributed by atoms with Crippen LogP contribution in [0.4, 0.5) is 5.69 Å². The second-order valence-corrected chi connectivity index (χ2v) is 4.54. The summed E-state index contributed by atoms with van der Waals surface area (Å²) in [6.07, 6.45) is 0. The van der Waals surface area contributed by atoms with E-state index >= 15 is 0 Å². The van der Waals surface area contributed by atoms with Gasteiger partial charge in [-0.25, -0.2) is 0 Å². The maximum atomic E-state index is 12.2. The van der Waals surface area contributed by atoms with Crippen molar-refractivity contribution in [1.82, 2.24) is 0 Å². The molecule has 1 amide bonds. The molecule has 0 aliphatic carbocycles. The molecule has 0 bridgehead atoms. The van der Waals surface area contributed by atoms with Crippen LogP contribution in [0.1, 0.15) is 10.4 Å². The second-order valence-electron chi connectivity index (χ2n) is 4.54. The van der Waals surface area contributed by atoms with Crippen molar-refractivity contribution >= 4 is 22.4 Å². The molecule has 3 aromatic rings. The minimum Gasteiger partial charge on any atom is -0.507 e. The van der Waals surface area contributed by atoms with Crippen LogP contribution in [0.25, 0.3) is 10.8 Å². The molecule has 98 valence electrons. The first-order chi connectivity index (χ1) is 9.74. The Bertz CT molecular complexity index is 772. The van der Waals surface area contributed by atoms with E-state index in [0.717, 1.165) is 10.8 Å². The van der Waals surface area contributed by atoms with E-state index in [1.54, 1.807) is 24.3 Å². The number of aromatic hydroxyl groups is 1. The summed E-state index contributed by atoms with van der Waals surface area (Å²) < 4.78 is 0. The van der Waals surface area contributed by atoms with E-state index in [9.17, 15) is 9.90 Å². The third-order valence-corrected chi connectivity index (χ3v) is 3.14. The molecule has 0 aliphatic rings. The molecular weight excluding hydrogens is 273 g/mol. The van der Waals surface area contributed by atoms with Crippen LogP contribution in [0, 0.1) is 0 Å². The molecule has 3 nitrogen and oxygen atoms in total. The number of carbonyl (C=O) groups excluding carboxylic acids is 1. The average molecular weight is 286 g/mol. The van der Waals surface area contributed by atoms with Gasteiger partial charge in [-0.15, -0.1) is 0 Å². The molecule has 0 heterocycles. The molecule has 0 aliphatic heterocycles. The normalized spacial score (nSPS) is 9.90. The Kier molecular flexibility index (Phi) is 5.02. The molecule has 4 heteroatoms. The van der Waals surface area contributed by atoms with Gasteiger partial charge in [0.05, 0.1) is 5.56 Å². The maximum Gasteiger partial charge on any atom is 1.00 e. The summed E-state index contributed by atoms with van der Waals surface area (Å²) in [7, 11) is 0. The summed E-state index contributed by atoms with van der Waals surface area (Å²) in [4.78, 5) is 12.2. The molecular formula is C17H13NNaO2+. The zero-order chi connectivity index (χ0) is 13.9. The number of hydrogen-bond donors (Lipinski definition) is 2. The summed E-state index contributed by atoms with van der Waals surface area (Å²) in [6, 6.07) is 20.1. The van der Waals surface area contributed by atoms with Gasteiger partial charge in [0.2, 0.25) is 0 Å². The first kappa shape index (κ1) is 15.6. The molecule has 2 N–H and O–H groups in total. The SMILES string of the molecule is O=C(Nc1ccccc1)c1cc2ccccc2cc1O.[Na+]. The molecule has 0 unspecified atom stereocenters. The fourth-order valence-corrected chi connectivity index (χ4v) is 2.13. The molecule has 0 atom stereocenters. The van der Waals surface area contributed by atoms with Gasteiger partial charge in [0, 0.05) is 5.69 Å². The minimum absolute atomic E-state index is 0. The monoisotopic (exact) mass is 286 g/mol. The molecule has 0 aromatic heterocycles. The van der Waals surface area contributed by atoms with Gasteiger partial charge < -0.3 is 10.4 Å². The van der Waals surface area contributed by atoms with E-state index < -0.39 is 0 Å². The number of amides is 1. The van der Waals surface area contributed by atoms with Crippen molar-refractivity contribution in [1.29, 1.82) is 0 Å². The van der Waals surface area contributed by atoms with Crippen molar-refractivity contribution in [2.24, 2.45) is 0 Å². The van der Waals surface area contributed by atoms with E-state index in [2.05, 4.69) is 5.32 Å². The number of benzene rings is 3. The van der Waals surface area contributed by atoms with Gasteiger partial charge in [-0.2, -0.15) is 0 Å². The Morgan fingerprint density at radius 2 is 1.43 bits per heavy atom. The quantitative estimate of drug-likeness (QED) is 0.685. The van der Waals surface area contributed by atoms with Crippen LogP contribution in [-0.2, 0) is 0 Å². The van der Waals surface area contributed by atoms with E-state index in [4.69, 9.17) is 0 Å². The van der Waals surface area contributed by atoms with Crippen LogP contribution in [0.2, 0.25) is 0 Å². The first-order valence-corrected chi connectivity index (χ1v) is 6.32. The molecule has 0 saturated heterocycles. The summed E-state index contributed by atoms with van der Waals surface area (Å²) in [5.41, 5.74) is 0.970. The molecule has 0 spiro atoms. The van der Waals surface area contributed by atoms with E-state index in [-0.39, 0.29) is 46.8 Å². The zero-order valence-electron chi connectivity index (χ0n) is 11.7. The standard InChI is InChI=1S/C17H13NO2.Na/c19-16-11-13-7-5-4-6-12(13)10-15(16)17(20)18-14-8-2-1-3-9-14;/h1-11,19H,(H,18,20);/q;+1. The second kappa shape index (κ2) is 6.76. The third-order valence-electron chi connectivity index (χ3n) is 3.14. The van der Waals surface area contributed by atoms with Crippen molar-refractivity contribution in [2.75, 3.05) is 5.32 Å². The van der Waals surface area contributed by atoms with Crippen LogP contribution in [0.15, 0.2) is 66.7 Å². The van der Waals surface area contributed by atoms with E-state index in [0.29, 0.717) is 5.69 Å². The van der Waals surface area contributed by atoms with Crippen LogP contribution in [0.5, 0.6) is 5.75 Å². The van der Waals surface area contributed by atoms with Gasteiger partial charge in [0.25, 0.3) is 5.91 Å². The number of rotatable bonds is 2. The molecule has 0 radical (unpaired) electrons. The minimum atomic E-state index is -0.320. The van der Waals surface area contributed by atoms with Crippen molar-refractivity contribution in [3.05, 3.63) is 72.3 Å². The number of para-hydroxylation sites is 1. The van der Waals surface area contributed by atoms with Gasteiger partial charge >= 0.3 is 29.6 Å². The van der Waals surface area contributed by atoms with E-state index in [1.807, 2.05) is 42.5 Å². The van der Waals surface area contributed by atoms with Gasteiger partial charge in [-0.1, -0.05) is 42.5 Å². The van der Waals surface area contributed by atoms with Crippen molar-refractivity contribution in [3.63, 3.8) is 0 Å². The van der Waals surface area contributed by atoms with Crippen molar-refractivity contribution in [3.8, 4) is 5.75 Å². The Hall–Kier alpha value is -1.81. The largest absolute Gasteiger partial charge is 1.00 e. The maximum absolute atomic E-state index is 12.2. The smallest absolute Gasteiger partial charge is 0.507 e. The number of anilines is 1. The molecule has 21 heavy (non-hydrogen) atoms. The summed E-state index contributed by atoms with van der Waals surface area (Å²) in [6.45, 7) is 0. The number of fused-ring (bicyclic) bond motifs is 1.